The summed E-state index contributed by atoms with van der Waals surface area (Å²) >= 11 is 0. The van der Waals surface area contributed by atoms with Gasteiger partial charge in [-0.05, 0) is 30.1 Å². The van der Waals surface area contributed by atoms with Crippen molar-refractivity contribution in [1.82, 2.24) is 4.90 Å². The van der Waals surface area contributed by atoms with Crippen LogP contribution in [-0.4, -0.2) is 36.2 Å². The summed E-state index contributed by atoms with van der Waals surface area (Å²) in [6.45, 7) is 8.82. The lowest BCUT2D eigenvalue weighted by Gasteiger charge is -2.48. The summed E-state index contributed by atoms with van der Waals surface area (Å²) in [4.78, 5) is 2.57. The van der Waals surface area contributed by atoms with Gasteiger partial charge in [0.2, 0.25) is 0 Å². The fourth-order valence-corrected chi connectivity index (χ4v) is 3.39. The summed E-state index contributed by atoms with van der Waals surface area (Å²) in [6.07, 6.45) is 5.28. The number of hydrogen-bond donors (Lipinski definition) is 1. The van der Waals surface area contributed by atoms with Crippen LogP contribution in [0, 0.1) is 17.3 Å². The Morgan fingerprint density at radius 2 is 1.73 bits per heavy atom. The first kappa shape index (κ1) is 11.4. The molecule has 0 aromatic carbocycles. The van der Waals surface area contributed by atoms with Crippen molar-refractivity contribution < 1.29 is 5.11 Å². The molecule has 0 aromatic rings. The molecule has 0 radical (unpaired) electrons. The second-order valence-electron chi connectivity index (χ2n) is 6.32. The number of likely N-dealkylation sites (tertiary alicyclic amines) is 1. The van der Waals surface area contributed by atoms with Gasteiger partial charge in [0.15, 0.2) is 0 Å². The molecule has 88 valence electrons. The van der Waals surface area contributed by atoms with Crippen LogP contribution in [0.1, 0.15) is 39.5 Å². The van der Waals surface area contributed by atoms with E-state index < -0.39 is 0 Å². The van der Waals surface area contributed by atoms with Crippen molar-refractivity contribution >= 4 is 0 Å². The molecule has 15 heavy (non-hydrogen) atoms. The lowest BCUT2D eigenvalue weighted by Crippen LogP contribution is -2.55. The van der Waals surface area contributed by atoms with Gasteiger partial charge in [0.25, 0.3) is 0 Å². The minimum Gasteiger partial charge on any atom is -0.396 e. The average molecular weight is 211 g/mol. The van der Waals surface area contributed by atoms with Gasteiger partial charge >= 0.3 is 0 Å². The monoisotopic (exact) mass is 211 g/mol. The highest BCUT2D eigenvalue weighted by molar-refractivity contribution is 4.90. The van der Waals surface area contributed by atoms with E-state index >= 15 is 0 Å². The van der Waals surface area contributed by atoms with Crippen LogP contribution >= 0.6 is 0 Å². The van der Waals surface area contributed by atoms with Gasteiger partial charge in [-0.3, -0.25) is 0 Å². The summed E-state index contributed by atoms with van der Waals surface area (Å²) in [6, 6.07) is 0. The topological polar surface area (TPSA) is 23.5 Å². The van der Waals surface area contributed by atoms with Crippen LogP contribution in [0.3, 0.4) is 0 Å². The van der Waals surface area contributed by atoms with Crippen molar-refractivity contribution in [2.45, 2.75) is 39.5 Å². The number of rotatable bonds is 3. The maximum absolute atomic E-state index is 9.35. The molecule has 2 unspecified atom stereocenters. The van der Waals surface area contributed by atoms with E-state index in [4.69, 9.17) is 0 Å². The Hall–Kier alpha value is -0.0800. The largest absolute Gasteiger partial charge is 0.396 e. The molecule has 2 aliphatic rings. The highest BCUT2D eigenvalue weighted by Crippen LogP contribution is 2.34. The molecule has 2 fully saturated rings. The van der Waals surface area contributed by atoms with E-state index in [1.165, 1.54) is 45.3 Å². The van der Waals surface area contributed by atoms with Crippen LogP contribution in [0.15, 0.2) is 0 Å². The summed E-state index contributed by atoms with van der Waals surface area (Å²) in [7, 11) is 0. The SMILES string of the molecule is CC1(C)CN(CC2CCCCC2CO)C1. The molecule has 2 rings (SSSR count). The molecular weight excluding hydrogens is 186 g/mol. The van der Waals surface area contributed by atoms with Crippen molar-refractivity contribution in [2.24, 2.45) is 17.3 Å². The molecule has 0 aromatic heterocycles. The third kappa shape index (κ3) is 2.73. The fourth-order valence-electron chi connectivity index (χ4n) is 3.39. The normalized spacial score (nSPS) is 36.2. The first-order chi connectivity index (χ1) is 7.11. The zero-order chi connectivity index (χ0) is 10.9. The van der Waals surface area contributed by atoms with Crippen molar-refractivity contribution in [3.8, 4) is 0 Å². The fraction of sp³-hybridized carbons (Fsp3) is 1.00. The van der Waals surface area contributed by atoms with Crippen molar-refractivity contribution in [1.29, 1.82) is 0 Å². The molecule has 1 aliphatic heterocycles. The molecule has 2 nitrogen and oxygen atoms in total. The summed E-state index contributed by atoms with van der Waals surface area (Å²) in [5.74, 6) is 1.35. The maximum Gasteiger partial charge on any atom is 0.0462 e. The van der Waals surface area contributed by atoms with E-state index in [9.17, 15) is 5.11 Å². The molecule has 1 N–H and O–H groups in total. The van der Waals surface area contributed by atoms with E-state index in [1.54, 1.807) is 0 Å². The van der Waals surface area contributed by atoms with Crippen LogP contribution in [-0.2, 0) is 0 Å². The summed E-state index contributed by atoms with van der Waals surface area (Å²) in [5, 5.41) is 9.35. The number of hydrogen-bond acceptors (Lipinski definition) is 2. The lowest BCUT2D eigenvalue weighted by atomic mass is 9.77. The molecule has 0 bridgehead atoms. The van der Waals surface area contributed by atoms with Gasteiger partial charge in [0.1, 0.15) is 0 Å². The Balaban J connectivity index is 1.78. The first-order valence-corrected chi connectivity index (χ1v) is 6.44. The number of nitrogens with zero attached hydrogens (tertiary/aromatic N) is 1. The Kier molecular flexibility index (Phi) is 3.36. The minimum atomic E-state index is 0.405. The first-order valence-electron chi connectivity index (χ1n) is 6.44. The van der Waals surface area contributed by atoms with E-state index in [2.05, 4.69) is 18.7 Å². The van der Waals surface area contributed by atoms with Crippen LogP contribution in [0.2, 0.25) is 0 Å². The summed E-state index contributed by atoms with van der Waals surface area (Å²) < 4.78 is 0. The van der Waals surface area contributed by atoms with Gasteiger partial charge in [0.05, 0.1) is 0 Å². The van der Waals surface area contributed by atoms with Gasteiger partial charge in [-0.2, -0.15) is 0 Å². The number of aliphatic hydroxyl groups excluding tert-OH is 1. The van der Waals surface area contributed by atoms with Gasteiger partial charge in [0, 0.05) is 26.2 Å². The second kappa shape index (κ2) is 4.42. The molecule has 1 saturated heterocycles. The third-order valence-corrected chi connectivity index (χ3v) is 4.10. The third-order valence-electron chi connectivity index (χ3n) is 4.10. The minimum absolute atomic E-state index is 0.405. The van der Waals surface area contributed by atoms with Gasteiger partial charge in [-0.25, -0.2) is 0 Å². The zero-order valence-electron chi connectivity index (χ0n) is 10.2. The smallest absolute Gasteiger partial charge is 0.0462 e. The Morgan fingerprint density at radius 1 is 1.13 bits per heavy atom. The Labute approximate surface area is 93.7 Å². The van der Waals surface area contributed by atoms with Gasteiger partial charge in [-0.1, -0.05) is 26.7 Å². The van der Waals surface area contributed by atoms with Crippen molar-refractivity contribution in [2.75, 3.05) is 26.2 Å². The van der Waals surface area contributed by atoms with E-state index in [-0.39, 0.29) is 0 Å². The Bertz CT molecular complexity index is 207. The predicted octanol–water partition coefficient (Wildman–Crippen LogP) is 2.13. The Morgan fingerprint density at radius 3 is 2.27 bits per heavy atom. The molecule has 2 atom stereocenters. The molecular formula is C13H25NO. The molecule has 2 heteroatoms. The van der Waals surface area contributed by atoms with Crippen molar-refractivity contribution in [3.63, 3.8) is 0 Å². The maximum atomic E-state index is 9.35. The standard InChI is InChI=1S/C13H25NO/c1-13(2)9-14(10-13)7-11-5-3-4-6-12(11)8-15/h11-12,15H,3-10H2,1-2H3. The molecule has 0 amide bonds. The highest BCUT2D eigenvalue weighted by Gasteiger charge is 2.36. The highest BCUT2D eigenvalue weighted by atomic mass is 16.3. The molecule has 1 heterocycles. The molecule has 1 aliphatic carbocycles. The van der Waals surface area contributed by atoms with Crippen molar-refractivity contribution in [3.05, 3.63) is 0 Å². The van der Waals surface area contributed by atoms with E-state index in [1.807, 2.05) is 0 Å². The van der Waals surface area contributed by atoms with Gasteiger partial charge in [-0.15, -0.1) is 0 Å². The van der Waals surface area contributed by atoms with Crippen LogP contribution in [0.5, 0.6) is 0 Å². The van der Waals surface area contributed by atoms with Crippen LogP contribution in [0.25, 0.3) is 0 Å². The van der Waals surface area contributed by atoms with E-state index in [0.717, 1.165) is 5.92 Å². The summed E-state index contributed by atoms with van der Waals surface area (Å²) in [5.41, 5.74) is 0.545. The second-order valence-corrected chi connectivity index (χ2v) is 6.32. The zero-order valence-corrected chi connectivity index (χ0v) is 10.2. The molecule has 0 spiro atoms. The van der Waals surface area contributed by atoms with Crippen LogP contribution < -0.4 is 0 Å². The average Bonchev–Trinajstić information content (AvgIpc) is 2.16. The van der Waals surface area contributed by atoms with Crippen LogP contribution in [0.4, 0.5) is 0 Å². The quantitative estimate of drug-likeness (QED) is 0.773. The number of aliphatic hydroxyl groups is 1. The predicted molar refractivity (Wildman–Crippen MR) is 62.8 cm³/mol. The van der Waals surface area contributed by atoms with Gasteiger partial charge < -0.3 is 10.0 Å². The van der Waals surface area contributed by atoms with E-state index in [0.29, 0.717) is 17.9 Å². The lowest BCUT2D eigenvalue weighted by molar-refractivity contribution is -0.00267. The molecule has 1 saturated carbocycles.